The highest BCUT2D eigenvalue weighted by atomic mass is 19.1. The Kier molecular flexibility index (Phi) is 19.6. The Hall–Kier alpha value is -12.6. The summed E-state index contributed by atoms with van der Waals surface area (Å²) in [5.74, 6) is 1.05. The van der Waals surface area contributed by atoms with Gasteiger partial charge in [0.05, 0.1) is 46.2 Å². The molecule has 0 radical (unpaired) electrons. The summed E-state index contributed by atoms with van der Waals surface area (Å²) in [6.07, 6.45) is 9.29. The van der Waals surface area contributed by atoms with Crippen LogP contribution in [0.3, 0.4) is 0 Å². The number of rotatable bonds is 24. The molecule has 2 aliphatic rings. The molecule has 14 aromatic carbocycles. The van der Waals surface area contributed by atoms with E-state index in [0.717, 1.165) is 151 Å². The van der Waals surface area contributed by atoms with Crippen LogP contribution in [-0.2, 0) is 34.5 Å². The van der Waals surface area contributed by atoms with Crippen molar-refractivity contribution in [1.82, 2.24) is 0 Å². The molecule has 0 N–H and O–H groups in total. The SMILES string of the molecule is C=Cc1ccc(OCCCCc2ccc(C3(c4ccc(C(C)(C)C)cc4)c4ccccc4-c4ccc(N(c5ccc(F)cc5)c5cccc6oc7cccc(N(c8ccc(F)cc8)c8ccc9c(c8)C(c8ccc(CCCCOc%10ccc(C=C)cc%10)cc8)(c8ccc(C(C)(C)C)cc8)c8ccccc8-9)c7c56)cc43)cc2)cc1. The van der Waals surface area contributed by atoms with Crippen LogP contribution >= 0.6 is 0 Å². The Balaban J connectivity index is 0.803. The number of furan rings is 1. The van der Waals surface area contributed by atoms with Crippen molar-refractivity contribution in [2.75, 3.05) is 23.0 Å². The standard InChI is InChI=1S/C106H92F2N2O3/c1-9-71-35-61-87(62-36-71)111-67-17-15-21-73-31-39-77(40-32-73)105(79-47-43-75(44-48-79)103(3,4)5)93-25-13-11-23-89(93)91-65-59-85(69-95(91)105)109(83-55-51-81(107)52-56-83)97-27-19-29-99-101(97)102-98(28-20-30-100(102)113-99)110(84-57-53-82(108)54-58-84)86-60-66-92-90-24-12-14-26-94(90)106(96(92)70-86,80-49-45-76(46-50-80)104(6,7)8)78-41-33-74(34-42-78)22-16-18-68-112-88-63-37-72(10-2)38-64-88/h9-14,19-20,23-66,69-70H,1-2,15-18,21-22,67-68H2,3-8H3. The van der Waals surface area contributed by atoms with Crippen LogP contribution in [0.1, 0.15) is 145 Å². The lowest BCUT2D eigenvalue weighted by Gasteiger charge is -2.36. The molecule has 113 heavy (non-hydrogen) atoms. The Bertz CT molecular complexity index is 5620. The van der Waals surface area contributed by atoms with Gasteiger partial charge in [0.1, 0.15) is 34.3 Å². The molecule has 0 saturated heterocycles. The van der Waals surface area contributed by atoms with E-state index in [9.17, 15) is 0 Å². The Morgan fingerprint density at radius 1 is 0.345 bits per heavy atom. The van der Waals surface area contributed by atoms with Crippen LogP contribution in [0.25, 0.3) is 56.3 Å². The van der Waals surface area contributed by atoms with Crippen LogP contribution in [0.2, 0.25) is 0 Å². The van der Waals surface area contributed by atoms with Crippen molar-refractivity contribution < 1.29 is 22.7 Å². The van der Waals surface area contributed by atoms with E-state index in [2.05, 4.69) is 271 Å². The molecule has 15 aromatic rings. The van der Waals surface area contributed by atoms with Gasteiger partial charge in [-0.1, -0.05) is 261 Å². The second-order valence-electron chi connectivity index (χ2n) is 32.3. The van der Waals surface area contributed by atoms with Gasteiger partial charge in [0.2, 0.25) is 0 Å². The first-order chi connectivity index (χ1) is 55.0. The molecule has 2 aliphatic carbocycles. The summed E-state index contributed by atoms with van der Waals surface area (Å²) in [6.45, 7) is 22.7. The first kappa shape index (κ1) is 73.2. The molecule has 0 saturated carbocycles. The van der Waals surface area contributed by atoms with Crippen LogP contribution in [-0.4, -0.2) is 13.2 Å². The first-order valence-electron chi connectivity index (χ1n) is 39.7. The number of nitrogens with zero attached hydrogens (tertiary/aromatic N) is 2. The number of anilines is 6. The van der Waals surface area contributed by atoms with Gasteiger partial charge in [0.15, 0.2) is 0 Å². The van der Waals surface area contributed by atoms with Crippen molar-refractivity contribution in [3.05, 3.63) is 418 Å². The maximum absolute atomic E-state index is 15.7. The number of hydrogen-bond donors (Lipinski definition) is 0. The molecular formula is C106H92F2N2O3. The third-order valence-electron chi connectivity index (χ3n) is 23.3. The summed E-state index contributed by atoms with van der Waals surface area (Å²) in [5, 5.41) is 1.69. The quantitative estimate of drug-likeness (QED) is 0.0564. The van der Waals surface area contributed by atoms with Crippen molar-refractivity contribution in [3.63, 3.8) is 0 Å². The van der Waals surface area contributed by atoms with Crippen molar-refractivity contribution in [1.29, 1.82) is 0 Å². The molecule has 0 fully saturated rings. The normalized spacial score (nSPS) is 14.8. The van der Waals surface area contributed by atoms with Crippen molar-refractivity contribution in [2.24, 2.45) is 0 Å². The summed E-state index contributed by atoms with van der Waals surface area (Å²) in [4.78, 5) is 4.54. The van der Waals surface area contributed by atoms with Gasteiger partial charge in [-0.05, 0) is 271 Å². The lowest BCUT2D eigenvalue weighted by atomic mass is 9.67. The summed E-state index contributed by atoms with van der Waals surface area (Å²) in [6, 6.07) is 111. The number of unbranched alkanes of at least 4 members (excludes halogenated alkanes) is 2. The molecule has 17 rings (SSSR count). The molecule has 1 aromatic heterocycles. The van der Waals surface area contributed by atoms with E-state index >= 15 is 8.78 Å². The monoisotopic (exact) mass is 1480 g/mol. The van der Waals surface area contributed by atoms with E-state index in [1.807, 2.05) is 97.1 Å². The van der Waals surface area contributed by atoms with Crippen LogP contribution in [0.5, 0.6) is 11.5 Å². The number of ether oxygens (including phenoxy) is 2. The molecule has 0 aliphatic heterocycles. The van der Waals surface area contributed by atoms with E-state index in [-0.39, 0.29) is 22.5 Å². The van der Waals surface area contributed by atoms with Gasteiger partial charge in [-0.2, -0.15) is 0 Å². The molecule has 7 heteroatoms. The van der Waals surface area contributed by atoms with Crippen LogP contribution < -0.4 is 19.3 Å². The predicted molar refractivity (Wildman–Crippen MR) is 465 cm³/mol. The molecule has 2 atom stereocenters. The van der Waals surface area contributed by atoms with Crippen molar-refractivity contribution in [2.45, 2.75) is 102 Å². The zero-order chi connectivity index (χ0) is 77.6. The minimum Gasteiger partial charge on any atom is -0.494 e. The Labute approximate surface area is 663 Å². The van der Waals surface area contributed by atoms with Crippen LogP contribution in [0, 0.1) is 11.6 Å². The maximum atomic E-state index is 15.7. The molecule has 0 amide bonds. The summed E-state index contributed by atoms with van der Waals surface area (Å²) < 4.78 is 50.9. The number of fused-ring (bicyclic) bond motifs is 9. The highest BCUT2D eigenvalue weighted by molar-refractivity contribution is 6.19. The molecule has 2 unspecified atom stereocenters. The number of aryl methyl sites for hydroxylation is 2. The van der Waals surface area contributed by atoms with E-state index in [4.69, 9.17) is 13.9 Å². The van der Waals surface area contributed by atoms with Gasteiger partial charge in [-0.15, -0.1) is 0 Å². The fourth-order valence-electron chi connectivity index (χ4n) is 17.6. The van der Waals surface area contributed by atoms with Gasteiger partial charge in [0, 0.05) is 22.7 Å². The number of benzene rings is 14. The summed E-state index contributed by atoms with van der Waals surface area (Å²) in [7, 11) is 0. The molecular weight excluding hydrogens is 1390 g/mol. The van der Waals surface area contributed by atoms with Gasteiger partial charge >= 0.3 is 0 Å². The third-order valence-corrected chi connectivity index (χ3v) is 23.3. The number of hydrogen-bond acceptors (Lipinski definition) is 5. The van der Waals surface area contributed by atoms with Gasteiger partial charge < -0.3 is 23.7 Å². The second-order valence-corrected chi connectivity index (χ2v) is 32.3. The largest absolute Gasteiger partial charge is 0.494 e. The second kappa shape index (κ2) is 30.3. The minimum atomic E-state index is -0.776. The molecule has 0 spiro atoms. The minimum absolute atomic E-state index is 0.0812. The smallest absolute Gasteiger partial charge is 0.137 e. The van der Waals surface area contributed by atoms with E-state index < -0.39 is 10.8 Å². The summed E-state index contributed by atoms with van der Waals surface area (Å²) >= 11 is 0. The molecule has 0 bridgehead atoms. The Morgan fingerprint density at radius 2 is 0.690 bits per heavy atom. The lowest BCUT2D eigenvalue weighted by molar-refractivity contribution is 0.307. The fraction of sp³-hybridized carbons (Fsp3) is 0.170. The average Bonchev–Trinajstić information content (AvgIpc) is 1.55. The average molecular weight is 1480 g/mol. The van der Waals surface area contributed by atoms with Gasteiger partial charge in [-0.3, -0.25) is 0 Å². The highest BCUT2D eigenvalue weighted by Crippen LogP contribution is 2.61. The molecule has 5 nitrogen and oxygen atoms in total. The lowest BCUT2D eigenvalue weighted by Crippen LogP contribution is -2.29. The zero-order valence-electron chi connectivity index (χ0n) is 65.1. The Morgan fingerprint density at radius 3 is 1.05 bits per heavy atom. The number of halogens is 2. The zero-order valence-corrected chi connectivity index (χ0v) is 65.1. The van der Waals surface area contributed by atoms with Crippen LogP contribution in [0.4, 0.5) is 42.9 Å². The topological polar surface area (TPSA) is 38.1 Å². The van der Waals surface area contributed by atoms with E-state index in [0.29, 0.717) is 24.4 Å². The molecule has 558 valence electrons. The van der Waals surface area contributed by atoms with E-state index in [1.165, 1.54) is 44.5 Å². The maximum Gasteiger partial charge on any atom is 0.137 e. The van der Waals surface area contributed by atoms with Crippen LogP contribution in [0.15, 0.2) is 333 Å². The highest BCUT2D eigenvalue weighted by Gasteiger charge is 2.49. The van der Waals surface area contributed by atoms with Gasteiger partial charge in [-0.25, -0.2) is 8.78 Å². The predicted octanol–water partition coefficient (Wildman–Crippen LogP) is 28.2. The fourth-order valence-corrected chi connectivity index (χ4v) is 17.6. The third kappa shape index (κ3) is 13.6. The van der Waals surface area contributed by atoms with Crippen molar-refractivity contribution >= 4 is 68.2 Å². The van der Waals surface area contributed by atoms with Gasteiger partial charge in [0.25, 0.3) is 0 Å². The van der Waals surface area contributed by atoms with E-state index in [1.54, 1.807) is 24.3 Å². The summed E-state index contributed by atoms with van der Waals surface area (Å²) in [5.41, 5.74) is 25.6. The first-order valence-corrected chi connectivity index (χ1v) is 39.7. The molecule has 1 heterocycles. The van der Waals surface area contributed by atoms with Crippen molar-refractivity contribution in [3.8, 4) is 33.8 Å².